The fourth-order valence-corrected chi connectivity index (χ4v) is 2.57. The summed E-state index contributed by atoms with van der Waals surface area (Å²) in [5.74, 6) is 0. The molecular formula is C14H21N3O4. The lowest BCUT2D eigenvalue weighted by Gasteiger charge is -2.33. The number of hydrogen-bond donors (Lipinski definition) is 1. The normalized spacial score (nSPS) is 16.0. The molecule has 1 aliphatic rings. The van der Waals surface area contributed by atoms with E-state index >= 15 is 0 Å². The van der Waals surface area contributed by atoms with Crippen molar-refractivity contribution in [3.63, 3.8) is 0 Å². The van der Waals surface area contributed by atoms with E-state index in [-0.39, 0.29) is 12.1 Å². The number of ether oxygens (including phenoxy) is 1. The molecule has 1 fully saturated rings. The lowest BCUT2D eigenvalue weighted by atomic mass is 10.0. The molecule has 21 heavy (non-hydrogen) atoms. The van der Waals surface area contributed by atoms with Crippen LogP contribution in [0.15, 0.2) is 9.59 Å². The standard InChI is InChI=1S/C14H21N3O4/c1-4-21-14(20)17-7-5-9(6-8-17)15-10-11(16(2)3)13(19)12(10)18/h9,15H,4-8H2,1-3H3. The molecular weight excluding hydrogens is 274 g/mol. The summed E-state index contributed by atoms with van der Waals surface area (Å²) < 4.78 is 4.96. The zero-order valence-electron chi connectivity index (χ0n) is 12.6. The van der Waals surface area contributed by atoms with Gasteiger partial charge >= 0.3 is 6.09 Å². The van der Waals surface area contributed by atoms with Crippen molar-refractivity contribution < 1.29 is 9.53 Å². The second-order valence-electron chi connectivity index (χ2n) is 5.38. The van der Waals surface area contributed by atoms with Crippen molar-refractivity contribution in [1.82, 2.24) is 4.90 Å². The smallest absolute Gasteiger partial charge is 0.409 e. The Balaban J connectivity index is 1.93. The Bertz CT molecular complexity index is 581. The van der Waals surface area contributed by atoms with E-state index in [1.807, 2.05) is 0 Å². The highest BCUT2D eigenvalue weighted by Crippen LogP contribution is 2.22. The molecule has 1 saturated heterocycles. The Morgan fingerprint density at radius 3 is 2.43 bits per heavy atom. The predicted octanol–water partition coefficient (Wildman–Crippen LogP) is 0.381. The molecule has 1 aromatic rings. The van der Waals surface area contributed by atoms with E-state index in [0.717, 1.165) is 12.8 Å². The molecule has 1 amide bonds. The van der Waals surface area contributed by atoms with E-state index in [2.05, 4.69) is 5.32 Å². The fourth-order valence-electron chi connectivity index (χ4n) is 2.57. The summed E-state index contributed by atoms with van der Waals surface area (Å²) in [6.45, 7) is 3.32. The highest BCUT2D eigenvalue weighted by Gasteiger charge is 2.28. The van der Waals surface area contributed by atoms with Crippen LogP contribution in [0.5, 0.6) is 0 Å². The van der Waals surface area contributed by atoms with Crippen molar-refractivity contribution >= 4 is 17.5 Å². The Hall–Kier alpha value is -2.05. The molecule has 0 saturated carbocycles. The van der Waals surface area contributed by atoms with Gasteiger partial charge in [0.05, 0.1) is 6.61 Å². The van der Waals surface area contributed by atoms with Crippen LogP contribution in [0.25, 0.3) is 0 Å². The zero-order valence-corrected chi connectivity index (χ0v) is 12.6. The van der Waals surface area contributed by atoms with Gasteiger partial charge in [-0.3, -0.25) is 9.59 Å². The van der Waals surface area contributed by atoms with E-state index in [1.54, 1.807) is 30.8 Å². The molecule has 0 unspecified atom stereocenters. The van der Waals surface area contributed by atoms with Crippen LogP contribution in [0, 0.1) is 0 Å². The van der Waals surface area contributed by atoms with Crippen LogP contribution in [0.4, 0.5) is 16.2 Å². The van der Waals surface area contributed by atoms with E-state index in [9.17, 15) is 14.4 Å². The predicted molar refractivity (Wildman–Crippen MR) is 80.9 cm³/mol. The molecule has 1 heterocycles. The van der Waals surface area contributed by atoms with Crippen LogP contribution in [0.1, 0.15) is 19.8 Å². The quantitative estimate of drug-likeness (QED) is 0.809. The van der Waals surface area contributed by atoms with Crippen LogP contribution in [0.2, 0.25) is 0 Å². The van der Waals surface area contributed by atoms with Gasteiger partial charge in [0, 0.05) is 33.2 Å². The highest BCUT2D eigenvalue weighted by molar-refractivity contribution is 5.75. The monoisotopic (exact) mass is 295 g/mol. The number of nitrogens with one attached hydrogen (secondary N) is 1. The summed E-state index contributed by atoms with van der Waals surface area (Å²) in [4.78, 5) is 38.1. The first-order valence-electron chi connectivity index (χ1n) is 7.14. The average molecular weight is 295 g/mol. The van der Waals surface area contributed by atoms with Gasteiger partial charge in [-0.25, -0.2) is 4.79 Å². The summed E-state index contributed by atoms with van der Waals surface area (Å²) in [6, 6.07) is 0.0951. The number of nitrogens with zero attached hydrogens (tertiary/aromatic N) is 2. The molecule has 0 spiro atoms. The van der Waals surface area contributed by atoms with E-state index in [0.29, 0.717) is 31.1 Å². The zero-order chi connectivity index (χ0) is 15.6. The molecule has 0 radical (unpaired) electrons. The molecule has 2 rings (SSSR count). The first-order valence-corrected chi connectivity index (χ1v) is 7.14. The number of piperidine rings is 1. The average Bonchev–Trinajstić information content (AvgIpc) is 2.46. The van der Waals surface area contributed by atoms with Gasteiger partial charge in [-0.2, -0.15) is 0 Å². The Labute approximate surface area is 123 Å². The van der Waals surface area contributed by atoms with Crippen molar-refractivity contribution in [2.75, 3.05) is 44.0 Å². The van der Waals surface area contributed by atoms with E-state index < -0.39 is 10.9 Å². The number of likely N-dealkylation sites (tertiary alicyclic amines) is 1. The molecule has 116 valence electrons. The molecule has 7 heteroatoms. The maximum Gasteiger partial charge on any atom is 0.409 e. The van der Waals surface area contributed by atoms with Crippen LogP contribution in [0.3, 0.4) is 0 Å². The minimum Gasteiger partial charge on any atom is -0.450 e. The molecule has 0 aliphatic carbocycles. The Morgan fingerprint density at radius 1 is 1.29 bits per heavy atom. The van der Waals surface area contributed by atoms with Crippen LogP contribution in [-0.2, 0) is 4.74 Å². The van der Waals surface area contributed by atoms with Crippen molar-refractivity contribution in [1.29, 1.82) is 0 Å². The van der Waals surface area contributed by atoms with Gasteiger partial charge in [-0.1, -0.05) is 0 Å². The third-order valence-electron chi connectivity index (χ3n) is 3.70. The maximum atomic E-state index is 11.6. The summed E-state index contributed by atoms with van der Waals surface area (Å²) in [6.07, 6.45) is 1.16. The summed E-state index contributed by atoms with van der Waals surface area (Å²) in [5.41, 5.74) is -0.0506. The minimum absolute atomic E-state index is 0.0951. The fraction of sp³-hybridized carbons (Fsp3) is 0.643. The van der Waals surface area contributed by atoms with Gasteiger partial charge in [0.1, 0.15) is 11.4 Å². The van der Waals surface area contributed by atoms with Gasteiger partial charge in [-0.05, 0) is 19.8 Å². The number of hydrogen-bond acceptors (Lipinski definition) is 6. The van der Waals surface area contributed by atoms with Gasteiger partial charge in [0.25, 0.3) is 10.9 Å². The lowest BCUT2D eigenvalue weighted by Crippen LogP contribution is -2.46. The largest absolute Gasteiger partial charge is 0.450 e. The first kappa shape index (κ1) is 15.3. The van der Waals surface area contributed by atoms with Gasteiger partial charge < -0.3 is 19.9 Å². The molecule has 0 aromatic heterocycles. The molecule has 1 aliphatic heterocycles. The summed E-state index contributed by atoms with van der Waals surface area (Å²) >= 11 is 0. The molecule has 0 bridgehead atoms. The molecule has 1 aromatic carbocycles. The van der Waals surface area contributed by atoms with Crippen molar-refractivity contribution in [3.8, 4) is 0 Å². The second kappa shape index (κ2) is 6.15. The molecule has 1 N–H and O–H groups in total. The lowest BCUT2D eigenvalue weighted by molar-refractivity contribution is 0.0983. The number of carbonyl (C=O) groups is 1. The first-order chi connectivity index (χ1) is 9.95. The topological polar surface area (TPSA) is 79.0 Å². The van der Waals surface area contributed by atoms with Gasteiger partial charge in [0.2, 0.25) is 0 Å². The maximum absolute atomic E-state index is 11.6. The number of amides is 1. The van der Waals surface area contributed by atoms with Crippen molar-refractivity contribution in [2.45, 2.75) is 25.8 Å². The molecule has 0 atom stereocenters. The van der Waals surface area contributed by atoms with Crippen molar-refractivity contribution in [3.05, 3.63) is 20.4 Å². The number of rotatable bonds is 4. The second-order valence-corrected chi connectivity index (χ2v) is 5.38. The van der Waals surface area contributed by atoms with Crippen LogP contribution in [-0.4, -0.2) is 50.8 Å². The minimum atomic E-state index is -0.452. The van der Waals surface area contributed by atoms with E-state index in [1.165, 1.54) is 0 Å². The van der Waals surface area contributed by atoms with Gasteiger partial charge in [0.15, 0.2) is 0 Å². The van der Waals surface area contributed by atoms with Crippen LogP contribution < -0.4 is 21.1 Å². The molecule has 7 nitrogen and oxygen atoms in total. The Morgan fingerprint density at radius 2 is 1.90 bits per heavy atom. The number of carbonyl (C=O) groups excluding carboxylic acids is 1. The third-order valence-corrected chi connectivity index (χ3v) is 3.70. The Kier molecular flexibility index (Phi) is 4.50. The van der Waals surface area contributed by atoms with Crippen molar-refractivity contribution in [2.24, 2.45) is 0 Å². The SMILES string of the molecule is CCOC(=O)N1CCC(Nc2c(N(C)C)c(=O)c2=O)CC1. The van der Waals surface area contributed by atoms with Gasteiger partial charge in [-0.15, -0.1) is 0 Å². The van der Waals surface area contributed by atoms with Crippen LogP contribution >= 0.6 is 0 Å². The van der Waals surface area contributed by atoms with E-state index in [4.69, 9.17) is 4.74 Å². The summed E-state index contributed by atoms with van der Waals surface area (Å²) in [7, 11) is 3.48. The summed E-state index contributed by atoms with van der Waals surface area (Å²) in [5, 5.41) is 3.15. The number of anilines is 2. The highest BCUT2D eigenvalue weighted by atomic mass is 16.6. The third kappa shape index (κ3) is 3.01.